The van der Waals surface area contributed by atoms with Crippen LogP contribution in [0.25, 0.3) is 11.3 Å². The summed E-state index contributed by atoms with van der Waals surface area (Å²) in [6.45, 7) is 4.38. The smallest absolute Gasteiger partial charge is 0.294 e. The van der Waals surface area contributed by atoms with Crippen LogP contribution in [0.4, 0.5) is 5.82 Å². The zero-order valence-electron chi connectivity index (χ0n) is 20.8. The molecule has 1 aromatic carbocycles. The molecule has 5 rings (SSSR count). The number of hydrogen-bond donors (Lipinski definition) is 2. The molecule has 2 fully saturated rings. The predicted molar refractivity (Wildman–Crippen MR) is 136 cm³/mol. The van der Waals surface area contributed by atoms with E-state index in [1.807, 2.05) is 25.1 Å². The second-order valence-corrected chi connectivity index (χ2v) is 9.91. The van der Waals surface area contributed by atoms with Gasteiger partial charge in [-0.15, -0.1) is 10.2 Å². The van der Waals surface area contributed by atoms with Gasteiger partial charge in [0.15, 0.2) is 0 Å². The average Bonchev–Trinajstić information content (AvgIpc) is 3.59. The van der Waals surface area contributed by atoms with E-state index in [9.17, 15) is 4.79 Å². The lowest BCUT2D eigenvalue weighted by atomic mass is 9.99. The Morgan fingerprint density at radius 2 is 1.97 bits per heavy atom. The number of aromatic amines is 1. The average molecular weight is 491 g/mol. The summed E-state index contributed by atoms with van der Waals surface area (Å²) in [5.41, 5.74) is 2.71. The zero-order chi connectivity index (χ0) is 24.7. The summed E-state index contributed by atoms with van der Waals surface area (Å²) in [5, 5.41) is 11.0. The standard InChI is InChI=1S/C27H34N6O3/c1-18-8-9-21(36-12-10-20-7-4-11-35-16-20)14-22(18)23-15-24(29-17-28-23)31-27(34)26-30-25(32-33-26)13-19-5-2-3-6-19/h8-9,14-15,17,19-20H,2-7,10-13,16H2,1H3,(H,30,32,33)(H,28,29,31,34). The second-order valence-electron chi connectivity index (χ2n) is 9.91. The van der Waals surface area contributed by atoms with E-state index >= 15 is 0 Å². The van der Waals surface area contributed by atoms with E-state index in [4.69, 9.17) is 9.47 Å². The van der Waals surface area contributed by atoms with E-state index in [2.05, 4.69) is 30.5 Å². The molecule has 0 bridgehead atoms. The predicted octanol–water partition coefficient (Wildman–Crippen LogP) is 4.75. The highest BCUT2D eigenvalue weighted by Gasteiger charge is 2.19. The Bertz CT molecular complexity index is 1170. The SMILES string of the molecule is Cc1ccc(OCCC2CCCOC2)cc1-c1cc(NC(=O)c2nnc(CC3CCCC3)[nH]2)ncn1. The molecule has 1 aliphatic heterocycles. The molecule has 0 spiro atoms. The third-order valence-corrected chi connectivity index (χ3v) is 7.15. The fourth-order valence-electron chi connectivity index (χ4n) is 5.07. The van der Waals surface area contributed by atoms with Gasteiger partial charge in [0.1, 0.15) is 23.7 Å². The van der Waals surface area contributed by atoms with Crippen molar-refractivity contribution in [3.63, 3.8) is 0 Å². The summed E-state index contributed by atoms with van der Waals surface area (Å²) in [6.07, 6.45) is 10.6. The molecule has 1 saturated heterocycles. The van der Waals surface area contributed by atoms with Crippen molar-refractivity contribution in [3.05, 3.63) is 47.8 Å². The number of carbonyl (C=O) groups is 1. The summed E-state index contributed by atoms with van der Waals surface area (Å²) in [4.78, 5) is 24.5. The van der Waals surface area contributed by atoms with Crippen LogP contribution < -0.4 is 10.1 Å². The Balaban J connectivity index is 1.21. The molecule has 2 aromatic heterocycles. The fourth-order valence-corrected chi connectivity index (χ4v) is 5.07. The highest BCUT2D eigenvalue weighted by Crippen LogP contribution is 2.29. The molecule has 1 aliphatic carbocycles. The lowest BCUT2D eigenvalue weighted by Gasteiger charge is -2.22. The Morgan fingerprint density at radius 3 is 2.81 bits per heavy atom. The van der Waals surface area contributed by atoms with Gasteiger partial charge in [-0.25, -0.2) is 9.97 Å². The van der Waals surface area contributed by atoms with Crippen molar-refractivity contribution in [3.8, 4) is 17.0 Å². The van der Waals surface area contributed by atoms with Crippen LogP contribution >= 0.6 is 0 Å². The minimum absolute atomic E-state index is 0.193. The summed E-state index contributed by atoms with van der Waals surface area (Å²) in [5.74, 6) is 2.99. The van der Waals surface area contributed by atoms with Crippen LogP contribution in [0.1, 0.15) is 67.0 Å². The number of benzene rings is 1. The van der Waals surface area contributed by atoms with Gasteiger partial charge in [-0.3, -0.25) is 4.79 Å². The molecule has 2 aliphatic rings. The first-order valence-electron chi connectivity index (χ1n) is 13.0. The van der Waals surface area contributed by atoms with Gasteiger partial charge in [0, 0.05) is 31.3 Å². The minimum Gasteiger partial charge on any atom is -0.494 e. The van der Waals surface area contributed by atoms with Gasteiger partial charge < -0.3 is 19.8 Å². The van der Waals surface area contributed by atoms with E-state index in [1.165, 1.54) is 38.4 Å². The number of anilines is 1. The van der Waals surface area contributed by atoms with Gasteiger partial charge in [0.2, 0.25) is 5.82 Å². The van der Waals surface area contributed by atoms with Crippen LogP contribution in [-0.4, -0.2) is 50.9 Å². The Kier molecular flexibility index (Phi) is 7.85. The van der Waals surface area contributed by atoms with Crippen LogP contribution in [0.15, 0.2) is 30.6 Å². The molecular weight excluding hydrogens is 456 g/mol. The van der Waals surface area contributed by atoms with Crippen LogP contribution in [0.2, 0.25) is 0 Å². The maximum Gasteiger partial charge on any atom is 0.294 e. The summed E-state index contributed by atoms with van der Waals surface area (Å²) in [7, 11) is 0. The van der Waals surface area contributed by atoms with Gasteiger partial charge in [0.05, 0.1) is 12.3 Å². The molecule has 1 amide bonds. The van der Waals surface area contributed by atoms with Gasteiger partial charge in [-0.05, 0) is 55.7 Å². The Hall–Kier alpha value is -3.33. The zero-order valence-corrected chi connectivity index (χ0v) is 20.8. The maximum atomic E-state index is 12.7. The first kappa shape index (κ1) is 24.4. The molecule has 2 N–H and O–H groups in total. The van der Waals surface area contributed by atoms with Gasteiger partial charge >= 0.3 is 0 Å². The van der Waals surface area contributed by atoms with Crippen LogP contribution in [0.3, 0.4) is 0 Å². The quantitative estimate of drug-likeness (QED) is 0.445. The van der Waals surface area contributed by atoms with Gasteiger partial charge in [0.25, 0.3) is 5.91 Å². The van der Waals surface area contributed by atoms with Crippen molar-refractivity contribution in [2.24, 2.45) is 11.8 Å². The Labute approximate surface area is 211 Å². The van der Waals surface area contributed by atoms with E-state index in [0.717, 1.165) is 55.2 Å². The third-order valence-electron chi connectivity index (χ3n) is 7.15. The lowest BCUT2D eigenvalue weighted by Crippen LogP contribution is -2.19. The first-order valence-corrected chi connectivity index (χ1v) is 13.0. The maximum absolute atomic E-state index is 12.7. The Morgan fingerprint density at radius 1 is 1.11 bits per heavy atom. The van der Waals surface area contributed by atoms with Crippen molar-refractivity contribution in [1.82, 2.24) is 25.1 Å². The molecular formula is C27H34N6O3. The molecule has 9 nitrogen and oxygen atoms in total. The number of aromatic nitrogens is 5. The number of ether oxygens (including phenoxy) is 2. The molecule has 3 aromatic rings. The van der Waals surface area contributed by atoms with Crippen molar-refractivity contribution in [2.45, 2.75) is 58.3 Å². The number of amides is 1. The molecule has 3 heterocycles. The number of carbonyl (C=O) groups excluding carboxylic acids is 1. The summed E-state index contributed by atoms with van der Waals surface area (Å²) >= 11 is 0. The molecule has 36 heavy (non-hydrogen) atoms. The number of H-pyrrole nitrogens is 1. The van der Waals surface area contributed by atoms with Crippen molar-refractivity contribution >= 4 is 11.7 Å². The molecule has 1 unspecified atom stereocenters. The second kappa shape index (κ2) is 11.6. The number of aryl methyl sites for hydroxylation is 1. The van der Waals surface area contributed by atoms with E-state index in [0.29, 0.717) is 30.0 Å². The van der Waals surface area contributed by atoms with Crippen molar-refractivity contribution < 1.29 is 14.3 Å². The third kappa shape index (κ3) is 6.26. The molecule has 1 atom stereocenters. The summed E-state index contributed by atoms with van der Waals surface area (Å²) < 4.78 is 11.6. The number of nitrogens with one attached hydrogen (secondary N) is 2. The van der Waals surface area contributed by atoms with Crippen LogP contribution in [0, 0.1) is 18.8 Å². The fraction of sp³-hybridized carbons (Fsp3) is 0.519. The topological polar surface area (TPSA) is 115 Å². The monoisotopic (exact) mass is 490 g/mol. The van der Waals surface area contributed by atoms with Crippen molar-refractivity contribution in [2.75, 3.05) is 25.1 Å². The van der Waals surface area contributed by atoms with E-state index in [-0.39, 0.29) is 11.7 Å². The van der Waals surface area contributed by atoms with Gasteiger partial charge in [-0.1, -0.05) is 31.7 Å². The van der Waals surface area contributed by atoms with E-state index in [1.54, 1.807) is 6.07 Å². The number of hydrogen-bond acceptors (Lipinski definition) is 7. The highest BCUT2D eigenvalue weighted by atomic mass is 16.5. The van der Waals surface area contributed by atoms with Gasteiger partial charge in [-0.2, -0.15) is 0 Å². The van der Waals surface area contributed by atoms with Crippen LogP contribution in [-0.2, 0) is 11.2 Å². The largest absolute Gasteiger partial charge is 0.494 e. The molecule has 1 saturated carbocycles. The van der Waals surface area contributed by atoms with Crippen LogP contribution in [0.5, 0.6) is 5.75 Å². The lowest BCUT2D eigenvalue weighted by molar-refractivity contribution is 0.0462. The molecule has 9 heteroatoms. The number of rotatable bonds is 9. The summed E-state index contributed by atoms with van der Waals surface area (Å²) in [6, 6.07) is 7.76. The molecule has 0 radical (unpaired) electrons. The van der Waals surface area contributed by atoms with Crippen molar-refractivity contribution in [1.29, 1.82) is 0 Å². The highest BCUT2D eigenvalue weighted by molar-refractivity contribution is 6.01. The number of nitrogens with zero attached hydrogens (tertiary/aromatic N) is 4. The normalized spacial score (nSPS) is 18.3. The van der Waals surface area contributed by atoms with E-state index < -0.39 is 0 Å². The minimum atomic E-state index is -0.370. The first-order chi connectivity index (χ1) is 17.6. The molecule has 190 valence electrons.